The Morgan fingerprint density at radius 1 is 1.19 bits per heavy atom. The van der Waals surface area contributed by atoms with Gasteiger partial charge < -0.3 is 15.0 Å². The predicted molar refractivity (Wildman–Crippen MR) is 107 cm³/mol. The summed E-state index contributed by atoms with van der Waals surface area (Å²) >= 11 is 0. The summed E-state index contributed by atoms with van der Waals surface area (Å²) in [6.45, 7) is 8.70. The topological polar surface area (TPSA) is 62.6 Å². The Hall–Kier alpha value is -1.15. The zero-order valence-electron chi connectivity index (χ0n) is 16.0. The van der Waals surface area contributed by atoms with Crippen LogP contribution in [0.1, 0.15) is 42.2 Å². The molecule has 0 aromatic carbocycles. The first-order valence-electron chi connectivity index (χ1n) is 10.1. The van der Waals surface area contributed by atoms with Crippen molar-refractivity contribution < 1.29 is 9.53 Å². The number of ether oxygens (including phenoxy) is 1. The summed E-state index contributed by atoms with van der Waals surface area (Å²) in [7, 11) is 0. The lowest BCUT2D eigenvalue weighted by Gasteiger charge is -2.35. The van der Waals surface area contributed by atoms with E-state index in [4.69, 9.17) is 4.74 Å². The van der Waals surface area contributed by atoms with E-state index in [0.29, 0.717) is 17.7 Å². The molecule has 0 bridgehead atoms. The number of nitrogens with one attached hydrogen (secondary N) is 1. The van der Waals surface area contributed by atoms with Crippen molar-refractivity contribution in [2.75, 3.05) is 59.0 Å². The first-order chi connectivity index (χ1) is 12.8. The molecule has 7 nitrogen and oxygen atoms in total. The number of morpholine rings is 1. The normalized spacial score (nSPS) is 25.2. The van der Waals surface area contributed by atoms with Gasteiger partial charge >= 0.3 is 0 Å². The first kappa shape index (κ1) is 20.6. The smallest absolute Gasteiger partial charge is 0.274 e. The summed E-state index contributed by atoms with van der Waals surface area (Å²) in [6, 6.07) is 2.26. The highest BCUT2D eigenvalue weighted by Gasteiger charge is 2.27. The van der Waals surface area contributed by atoms with Gasteiger partial charge in [0.25, 0.3) is 5.91 Å². The number of nitrogens with zero attached hydrogens (tertiary/aromatic N) is 4. The second kappa shape index (κ2) is 9.87. The van der Waals surface area contributed by atoms with Gasteiger partial charge in [0.1, 0.15) is 5.69 Å². The number of aromatic nitrogens is 2. The Morgan fingerprint density at radius 3 is 2.67 bits per heavy atom. The van der Waals surface area contributed by atoms with E-state index in [1.165, 1.54) is 6.42 Å². The van der Waals surface area contributed by atoms with Gasteiger partial charge in [0, 0.05) is 45.5 Å². The molecule has 152 valence electrons. The molecule has 3 aliphatic rings. The summed E-state index contributed by atoms with van der Waals surface area (Å²) in [6.07, 6.45) is 6.46. The second-order valence-electron chi connectivity index (χ2n) is 7.83. The Labute approximate surface area is 167 Å². The number of piperidine rings is 2. The van der Waals surface area contributed by atoms with Crippen LogP contribution in [-0.4, -0.2) is 84.5 Å². The molecule has 3 fully saturated rings. The van der Waals surface area contributed by atoms with Gasteiger partial charge in [0.15, 0.2) is 0 Å². The number of amides is 1. The van der Waals surface area contributed by atoms with Crippen LogP contribution >= 0.6 is 12.4 Å². The van der Waals surface area contributed by atoms with Crippen LogP contribution in [0.2, 0.25) is 0 Å². The lowest BCUT2D eigenvalue weighted by molar-refractivity contribution is 0.0242. The molecular weight excluding hydrogens is 366 g/mol. The Bertz CT molecular complexity index is 591. The van der Waals surface area contributed by atoms with Crippen LogP contribution in [-0.2, 0) is 4.74 Å². The summed E-state index contributed by atoms with van der Waals surface area (Å²) in [4.78, 5) is 17.3. The molecule has 4 rings (SSSR count). The van der Waals surface area contributed by atoms with Crippen LogP contribution in [0.25, 0.3) is 0 Å². The standard InChI is InChI=1S/C19H31N5O2.ClH/c25-19(18-5-9-24(21-18)17-2-1-6-20-14-17)23-7-3-16(4-8-23)15-22-10-12-26-13-11-22;/h5,9,16-17,20H,1-4,6-8,10-15H2;1H. The van der Waals surface area contributed by atoms with Crippen molar-refractivity contribution in [3.05, 3.63) is 18.0 Å². The highest BCUT2D eigenvalue weighted by Crippen LogP contribution is 2.21. The summed E-state index contributed by atoms with van der Waals surface area (Å²) < 4.78 is 7.40. The molecule has 0 saturated carbocycles. The van der Waals surface area contributed by atoms with Crippen LogP contribution in [0.4, 0.5) is 0 Å². The molecule has 1 amide bonds. The maximum absolute atomic E-state index is 12.8. The first-order valence-corrected chi connectivity index (χ1v) is 10.1. The van der Waals surface area contributed by atoms with Crippen LogP contribution in [0.15, 0.2) is 12.3 Å². The lowest BCUT2D eigenvalue weighted by Crippen LogP contribution is -2.44. The summed E-state index contributed by atoms with van der Waals surface area (Å²) in [5.74, 6) is 0.792. The third-order valence-corrected chi connectivity index (χ3v) is 5.99. The molecule has 1 aromatic rings. The highest BCUT2D eigenvalue weighted by molar-refractivity contribution is 5.92. The fourth-order valence-electron chi connectivity index (χ4n) is 4.34. The van der Waals surface area contributed by atoms with Crippen molar-refractivity contribution in [1.29, 1.82) is 0 Å². The van der Waals surface area contributed by atoms with Gasteiger partial charge in [-0.05, 0) is 44.2 Å². The number of hydrogen-bond acceptors (Lipinski definition) is 5. The number of rotatable bonds is 4. The fourth-order valence-corrected chi connectivity index (χ4v) is 4.34. The Balaban J connectivity index is 0.00000210. The van der Waals surface area contributed by atoms with Gasteiger partial charge in [-0.25, -0.2) is 0 Å². The lowest BCUT2D eigenvalue weighted by atomic mass is 9.96. The van der Waals surface area contributed by atoms with Crippen molar-refractivity contribution in [1.82, 2.24) is 24.9 Å². The average molecular weight is 398 g/mol. The molecule has 0 spiro atoms. The molecule has 8 heteroatoms. The van der Waals surface area contributed by atoms with Gasteiger partial charge in [-0.15, -0.1) is 12.4 Å². The SMILES string of the molecule is Cl.O=C(c1ccn(C2CCCNC2)n1)N1CCC(CN2CCOCC2)CC1. The van der Waals surface area contributed by atoms with Crippen molar-refractivity contribution in [3.63, 3.8) is 0 Å². The molecule has 1 unspecified atom stereocenters. The van der Waals surface area contributed by atoms with Gasteiger partial charge in [-0.3, -0.25) is 14.4 Å². The number of carbonyl (C=O) groups excluding carboxylic acids is 1. The maximum Gasteiger partial charge on any atom is 0.274 e. The van der Waals surface area contributed by atoms with Crippen LogP contribution in [0.5, 0.6) is 0 Å². The zero-order chi connectivity index (χ0) is 17.8. The third-order valence-electron chi connectivity index (χ3n) is 5.99. The van der Waals surface area contributed by atoms with Crippen molar-refractivity contribution in [2.24, 2.45) is 5.92 Å². The van der Waals surface area contributed by atoms with E-state index in [0.717, 1.165) is 78.3 Å². The van der Waals surface area contributed by atoms with Crippen LogP contribution in [0, 0.1) is 5.92 Å². The molecule has 1 aromatic heterocycles. The molecule has 1 N–H and O–H groups in total. The quantitative estimate of drug-likeness (QED) is 0.832. The molecule has 3 aliphatic heterocycles. The van der Waals surface area contributed by atoms with E-state index >= 15 is 0 Å². The molecule has 4 heterocycles. The molecular formula is C19H32ClN5O2. The van der Waals surface area contributed by atoms with E-state index in [-0.39, 0.29) is 18.3 Å². The molecule has 1 atom stereocenters. The van der Waals surface area contributed by atoms with Gasteiger partial charge in [-0.2, -0.15) is 5.10 Å². The van der Waals surface area contributed by atoms with Crippen molar-refractivity contribution in [3.8, 4) is 0 Å². The maximum atomic E-state index is 12.8. The van der Waals surface area contributed by atoms with E-state index < -0.39 is 0 Å². The monoisotopic (exact) mass is 397 g/mol. The van der Waals surface area contributed by atoms with Gasteiger partial charge in [0.2, 0.25) is 0 Å². The summed E-state index contributed by atoms with van der Waals surface area (Å²) in [5.41, 5.74) is 0.599. The highest BCUT2D eigenvalue weighted by atomic mass is 35.5. The largest absolute Gasteiger partial charge is 0.379 e. The van der Waals surface area contributed by atoms with E-state index in [1.807, 2.05) is 21.8 Å². The number of hydrogen-bond donors (Lipinski definition) is 1. The van der Waals surface area contributed by atoms with E-state index in [1.54, 1.807) is 0 Å². The van der Waals surface area contributed by atoms with Gasteiger partial charge in [0.05, 0.1) is 19.3 Å². The number of likely N-dealkylation sites (tertiary alicyclic amines) is 1. The fraction of sp³-hybridized carbons (Fsp3) is 0.789. The molecule has 3 saturated heterocycles. The minimum absolute atomic E-state index is 0. The van der Waals surface area contributed by atoms with E-state index in [2.05, 4.69) is 15.3 Å². The average Bonchev–Trinajstić information content (AvgIpc) is 3.20. The Kier molecular flexibility index (Phi) is 7.52. The zero-order valence-corrected chi connectivity index (χ0v) is 16.8. The van der Waals surface area contributed by atoms with Crippen LogP contribution in [0.3, 0.4) is 0 Å². The molecule has 0 radical (unpaired) electrons. The molecule has 0 aliphatic carbocycles. The predicted octanol–water partition coefficient (Wildman–Crippen LogP) is 1.41. The minimum atomic E-state index is 0. The number of carbonyl (C=O) groups is 1. The molecule has 27 heavy (non-hydrogen) atoms. The van der Waals surface area contributed by atoms with Gasteiger partial charge in [-0.1, -0.05) is 0 Å². The summed E-state index contributed by atoms with van der Waals surface area (Å²) in [5, 5.41) is 7.99. The van der Waals surface area contributed by atoms with Crippen molar-refractivity contribution in [2.45, 2.75) is 31.7 Å². The van der Waals surface area contributed by atoms with E-state index in [9.17, 15) is 4.79 Å². The Morgan fingerprint density at radius 2 is 1.96 bits per heavy atom. The third kappa shape index (κ3) is 5.22. The van der Waals surface area contributed by atoms with Crippen molar-refractivity contribution >= 4 is 18.3 Å². The minimum Gasteiger partial charge on any atom is -0.379 e. The number of halogens is 1. The van der Waals surface area contributed by atoms with Crippen LogP contribution < -0.4 is 5.32 Å². The second-order valence-corrected chi connectivity index (χ2v) is 7.83.